The summed E-state index contributed by atoms with van der Waals surface area (Å²) in [6, 6.07) is 0. The van der Waals surface area contributed by atoms with Crippen LogP contribution in [0.1, 0.15) is 26.2 Å². The smallest absolute Gasteiger partial charge is 0.146 e. The van der Waals surface area contributed by atoms with Gasteiger partial charge in [-0.1, -0.05) is 12.1 Å². The molecule has 0 aromatic heterocycles. The summed E-state index contributed by atoms with van der Waals surface area (Å²) >= 11 is 0. The zero-order valence-electron chi connectivity index (χ0n) is 8.53. The first-order chi connectivity index (χ1) is 6.77. The van der Waals surface area contributed by atoms with E-state index in [9.17, 15) is 0 Å². The number of ether oxygens (including phenoxy) is 2. The molecule has 1 atom stereocenters. The Balaban J connectivity index is 2.15. The standard InChI is InChI=1S/C10H17NO3/c1-8-2-3-10(9(4-8)11-12)5-13-7-14-6-10/h8,12H,2-7H2,1H3. The number of rotatable bonds is 0. The molecule has 1 saturated heterocycles. The Hall–Kier alpha value is -0.610. The Kier molecular flexibility index (Phi) is 2.74. The SMILES string of the molecule is CC1CCC2(COCOC2)C(=NO)C1. The van der Waals surface area contributed by atoms with E-state index in [0.717, 1.165) is 25.0 Å². The van der Waals surface area contributed by atoms with Crippen molar-refractivity contribution in [2.24, 2.45) is 16.5 Å². The minimum absolute atomic E-state index is 0.139. The van der Waals surface area contributed by atoms with Gasteiger partial charge in [0.2, 0.25) is 0 Å². The van der Waals surface area contributed by atoms with Gasteiger partial charge in [-0.3, -0.25) is 0 Å². The third-order valence-corrected chi connectivity index (χ3v) is 3.31. The van der Waals surface area contributed by atoms with Gasteiger partial charge in [0.25, 0.3) is 0 Å². The van der Waals surface area contributed by atoms with E-state index >= 15 is 0 Å². The predicted molar refractivity (Wildman–Crippen MR) is 51.4 cm³/mol. The molecule has 0 aromatic rings. The first-order valence-corrected chi connectivity index (χ1v) is 5.14. The van der Waals surface area contributed by atoms with Gasteiger partial charge in [0.15, 0.2) is 0 Å². The maximum Gasteiger partial charge on any atom is 0.146 e. The van der Waals surface area contributed by atoms with Crippen LogP contribution in [0.4, 0.5) is 0 Å². The predicted octanol–water partition coefficient (Wildman–Crippen LogP) is 1.63. The van der Waals surface area contributed by atoms with Crippen molar-refractivity contribution in [3.63, 3.8) is 0 Å². The third kappa shape index (κ3) is 1.64. The number of hydrogen-bond donors (Lipinski definition) is 1. The largest absolute Gasteiger partial charge is 0.411 e. The lowest BCUT2D eigenvalue weighted by Gasteiger charge is -2.41. The van der Waals surface area contributed by atoms with E-state index in [0.29, 0.717) is 25.9 Å². The summed E-state index contributed by atoms with van der Waals surface area (Å²) < 4.78 is 10.6. The molecule has 1 aliphatic heterocycles. The van der Waals surface area contributed by atoms with Crippen molar-refractivity contribution in [2.75, 3.05) is 20.0 Å². The van der Waals surface area contributed by atoms with Gasteiger partial charge in [-0.05, 0) is 25.2 Å². The molecule has 1 unspecified atom stereocenters. The molecule has 1 N–H and O–H groups in total. The average Bonchev–Trinajstić information content (AvgIpc) is 2.23. The van der Waals surface area contributed by atoms with E-state index in [1.54, 1.807) is 0 Å². The summed E-state index contributed by atoms with van der Waals surface area (Å²) in [6.45, 7) is 3.83. The van der Waals surface area contributed by atoms with E-state index in [4.69, 9.17) is 14.7 Å². The van der Waals surface area contributed by atoms with Gasteiger partial charge in [-0.15, -0.1) is 0 Å². The van der Waals surface area contributed by atoms with Gasteiger partial charge < -0.3 is 14.7 Å². The van der Waals surface area contributed by atoms with Crippen molar-refractivity contribution >= 4 is 5.71 Å². The molecule has 1 aliphatic carbocycles. The highest BCUT2D eigenvalue weighted by Gasteiger charge is 2.42. The van der Waals surface area contributed by atoms with Crippen LogP contribution in [-0.4, -0.2) is 30.9 Å². The second-order valence-corrected chi connectivity index (χ2v) is 4.49. The first kappa shape index (κ1) is 9.93. The second kappa shape index (κ2) is 3.87. The Morgan fingerprint density at radius 3 is 2.79 bits per heavy atom. The molecular formula is C10H17NO3. The monoisotopic (exact) mass is 199 g/mol. The average molecular weight is 199 g/mol. The van der Waals surface area contributed by atoms with Gasteiger partial charge >= 0.3 is 0 Å². The normalized spacial score (nSPS) is 34.9. The van der Waals surface area contributed by atoms with E-state index in [1.807, 2.05) is 0 Å². The topological polar surface area (TPSA) is 51.0 Å². The molecule has 0 aromatic carbocycles. The van der Waals surface area contributed by atoms with Gasteiger partial charge in [-0.2, -0.15) is 0 Å². The molecule has 2 fully saturated rings. The lowest BCUT2D eigenvalue weighted by atomic mass is 9.70. The van der Waals surface area contributed by atoms with Crippen LogP contribution < -0.4 is 0 Å². The molecule has 1 spiro atoms. The highest BCUT2D eigenvalue weighted by atomic mass is 16.7. The number of hydrogen-bond acceptors (Lipinski definition) is 4. The molecule has 2 aliphatic rings. The zero-order valence-corrected chi connectivity index (χ0v) is 8.53. The molecule has 1 heterocycles. The van der Waals surface area contributed by atoms with Crippen molar-refractivity contribution in [1.29, 1.82) is 0 Å². The summed E-state index contributed by atoms with van der Waals surface area (Å²) in [6.07, 6.45) is 3.03. The Morgan fingerprint density at radius 1 is 1.43 bits per heavy atom. The molecule has 4 heteroatoms. The maximum atomic E-state index is 9.00. The molecule has 80 valence electrons. The Bertz CT molecular complexity index is 234. The Labute approximate surface area is 83.9 Å². The van der Waals surface area contributed by atoms with E-state index < -0.39 is 0 Å². The summed E-state index contributed by atoms with van der Waals surface area (Å²) in [5, 5.41) is 12.4. The molecule has 2 rings (SSSR count). The van der Waals surface area contributed by atoms with Crippen LogP contribution in [0.3, 0.4) is 0 Å². The molecule has 1 saturated carbocycles. The summed E-state index contributed by atoms with van der Waals surface area (Å²) in [5.74, 6) is 0.605. The number of oxime groups is 1. The molecule has 14 heavy (non-hydrogen) atoms. The fourth-order valence-corrected chi connectivity index (χ4v) is 2.35. The quantitative estimate of drug-likeness (QED) is 0.476. The first-order valence-electron chi connectivity index (χ1n) is 5.14. The molecule has 0 radical (unpaired) electrons. The number of nitrogens with zero attached hydrogens (tertiary/aromatic N) is 1. The van der Waals surface area contributed by atoms with Crippen molar-refractivity contribution < 1.29 is 14.7 Å². The molecule has 0 bridgehead atoms. The molecular weight excluding hydrogens is 182 g/mol. The van der Waals surface area contributed by atoms with Crippen LogP contribution in [0.2, 0.25) is 0 Å². The summed E-state index contributed by atoms with van der Waals surface area (Å²) in [7, 11) is 0. The van der Waals surface area contributed by atoms with E-state index in [1.165, 1.54) is 0 Å². The second-order valence-electron chi connectivity index (χ2n) is 4.49. The van der Waals surface area contributed by atoms with Crippen LogP contribution in [-0.2, 0) is 9.47 Å². The van der Waals surface area contributed by atoms with Crippen molar-refractivity contribution in [3.05, 3.63) is 0 Å². The Morgan fingerprint density at radius 2 is 2.14 bits per heavy atom. The van der Waals surface area contributed by atoms with Crippen LogP contribution in [0.25, 0.3) is 0 Å². The van der Waals surface area contributed by atoms with Crippen molar-refractivity contribution in [2.45, 2.75) is 26.2 Å². The lowest BCUT2D eigenvalue weighted by Crippen LogP contribution is -2.47. The van der Waals surface area contributed by atoms with Crippen molar-refractivity contribution in [3.8, 4) is 0 Å². The highest BCUT2D eigenvalue weighted by Crippen LogP contribution is 2.38. The maximum absolute atomic E-state index is 9.00. The molecule has 4 nitrogen and oxygen atoms in total. The van der Waals surface area contributed by atoms with Crippen LogP contribution in [0.5, 0.6) is 0 Å². The van der Waals surface area contributed by atoms with Gasteiger partial charge in [0.05, 0.1) is 24.3 Å². The van der Waals surface area contributed by atoms with Gasteiger partial charge in [0.1, 0.15) is 6.79 Å². The summed E-state index contributed by atoms with van der Waals surface area (Å²) in [4.78, 5) is 0. The summed E-state index contributed by atoms with van der Waals surface area (Å²) in [5.41, 5.74) is 0.718. The van der Waals surface area contributed by atoms with Crippen molar-refractivity contribution in [1.82, 2.24) is 0 Å². The minimum atomic E-state index is -0.139. The fraction of sp³-hybridized carbons (Fsp3) is 0.900. The molecule has 0 amide bonds. The van der Waals surface area contributed by atoms with Crippen LogP contribution in [0, 0.1) is 11.3 Å². The zero-order chi connectivity index (χ0) is 10.0. The van der Waals surface area contributed by atoms with E-state index in [2.05, 4.69) is 12.1 Å². The fourth-order valence-electron chi connectivity index (χ4n) is 2.35. The van der Waals surface area contributed by atoms with Crippen LogP contribution >= 0.6 is 0 Å². The van der Waals surface area contributed by atoms with Gasteiger partial charge in [-0.25, -0.2) is 0 Å². The van der Waals surface area contributed by atoms with Gasteiger partial charge in [0, 0.05) is 0 Å². The highest BCUT2D eigenvalue weighted by molar-refractivity contribution is 5.91. The van der Waals surface area contributed by atoms with E-state index in [-0.39, 0.29) is 5.41 Å². The minimum Gasteiger partial charge on any atom is -0.411 e. The van der Waals surface area contributed by atoms with Crippen LogP contribution in [0.15, 0.2) is 5.16 Å². The lowest BCUT2D eigenvalue weighted by molar-refractivity contribution is -0.148. The third-order valence-electron chi connectivity index (χ3n) is 3.31.